The summed E-state index contributed by atoms with van der Waals surface area (Å²) < 4.78 is 5.16. The topological polar surface area (TPSA) is 46.6 Å². The van der Waals surface area contributed by atoms with Gasteiger partial charge < -0.3 is 4.74 Å². The number of ether oxygens (including phenoxy) is 1. The SMILES string of the molecule is C=CCN1C(=O)S/C(=C\c2ccc(-c3ccc(OC)cc3)s2)C1=O. The summed E-state index contributed by atoms with van der Waals surface area (Å²) in [6.07, 6.45) is 3.32. The van der Waals surface area contributed by atoms with Crippen molar-refractivity contribution in [1.82, 2.24) is 4.90 Å². The summed E-state index contributed by atoms with van der Waals surface area (Å²) in [4.78, 5) is 27.7. The van der Waals surface area contributed by atoms with Crippen LogP contribution >= 0.6 is 23.1 Å². The molecule has 24 heavy (non-hydrogen) atoms. The Bertz CT molecular complexity index is 821. The fraction of sp³-hybridized carbons (Fsp3) is 0.111. The molecule has 2 amide bonds. The van der Waals surface area contributed by atoms with Gasteiger partial charge in [0.1, 0.15) is 5.75 Å². The van der Waals surface area contributed by atoms with Crippen molar-refractivity contribution in [1.29, 1.82) is 0 Å². The van der Waals surface area contributed by atoms with Gasteiger partial charge in [0.2, 0.25) is 0 Å². The first-order valence-electron chi connectivity index (χ1n) is 7.23. The molecule has 2 aromatic rings. The molecule has 0 aliphatic carbocycles. The Morgan fingerprint density at radius 3 is 2.58 bits per heavy atom. The van der Waals surface area contributed by atoms with Gasteiger partial charge in [0.15, 0.2) is 0 Å². The highest BCUT2D eigenvalue weighted by atomic mass is 32.2. The molecule has 122 valence electrons. The van der Waals surface area contributed by atoms with Gasteiger partial charge in [0.25, 0.3) is 11.1 Å². The standard InChI is InChI=1S/C18H15NO3S2/c1-3-10-19-17(20)16(24-18(19)21)11-14-8-9-15(23-14)12-4-6-13(22-2)7-5-12/h3-9,11H,1,10H2,2H3/b16-11-. The van der Waals surface area contributed by atoms with E-state index in [2.05, 4.69) is 6.58 Å². The van der Waals surface area contributed by atoms with Gasteiger partial charge in [0, 0.05) is 16.3 Å². The van der Waals surface area contributed by atoms with Gasteiger partial charge in [-0.1, -0.05) is 6.08 Å². The van der Waals surface area contributed by atoms with Crippen LogP contribution in [0, 0.1) is 0 Å². The largest absolute Gasteiger partial charge is 0.497 e. The summed E-state index contributed by atoms with van der Waals surface area (Å²) in [6.45, 7) is 3.81. The van der Waals surface area contributed by atoms with Crippen molar-refractivity contribution in [3.05, 3.63) is 58.8 Å². The number of carbonyl (C=O) groups is 2. The third kappa shape index (κ3) is 3.29. The van der Waals surface area contributed by atoms with Crippen LogP contribution in [0.5, 0.6) is 5.75 Å². The number of rotatable bonds is 5. The van der Waals surface area contributed by atoms with Gasteiger partial charge in [-0.05, 0) is 59.8 Å². The molecular formula is C18H15NO3S2. The first-order chi connectivity index (χ1) is 11.6. The van der Waals surface area contributed by atoms with Crippen molar-refractivity contribution in [3.63, 3.8) is 0 Å². The lowest BCUT2D eigenvalue weighted by atomic mass is 10.2. The van der Waals surface area contributed by atoms with Gasteiger partial charge in [-0.2, -0.15) is 0 Å². The summed E-state index contributed by atoms with van der Waals surface area (Å²) in [5.41, 5.74) is 1.08. The highest BCUT2D eigenvalue weighted by Gasteiger charge is 2.34. The Hall–Kier alpha value is -2.31. The molecule has 4 nitrogen and oxygen atoms in total. The molecule has 1 aliphatic rings. The van der Waals surface area contributed by atoms with Crippen molar-refractivity contribution in [2.24, 2.45) is 0 Å². The van der Waals surface area contributed by atoms with E-state index >= 15 is 0 Å². The zero-order valence-corrected chi connectivity index (χ0v) is 14.7. The summed E-state index contributed by atoms with van der Waals surface area (Å²) in [6, 6.07) is 11.8. The average Bonchev–Trinajstić information content (AvgIpc) is 3.16. The monoisotopic (exact) mass is 357 g/mol. The fourth-order valence-electron chi connectivity index (χ4n) is 2.26. The number of imide groups is 1. The molecule has 3 rings (SSSR count). The molecule has 1 aliphatic heterocycles. The van der Waals surface area contributed by atoms with Crippen LogP contribution in [-0.2, 0) is 4.79 Å². The van der Waals surface area contributed by atoms with Crippen LogP contribution < -0.4 is 4.74 Å². The molecule has 0 radical (unpaired) electrons. The van der Waals surface area contributed by atoms with Crippen LogP contribution in [0.15, 0.2) is 54.0 Å². The van der Waals surface area contributed by atoms with Crippen LogP contribution in [0.2, 0.25) is 0 Å². The number of hydrogen-bond donors (Lipinski definition) is 0. The van der Waals surface area contributed by atoms with Gasteiger partial charge in [-0.15, -0.1) is 17.9 Å². The Morgan fingerprint density at radius 2 is 1.92 bits per heavy atom. The van der Waals surface area contributed by atoms with Crippen molar-refractivity contribution in [2.75, 3.05) is 13.7 Å². The fourth-order valence-corrected chi connectivity index (χ4v) is 4.13. The summed E-state index contributed by atoms with van der Waals surface area (Å²) in [7, 11) is 1.64. The number of hydrogen-bond acceptors (Lipinski definition) is 5. The van der Waals surface area contributed by atoms with Gasteiger partial charge in [-0.3, -0.25) is 14.5 Å². The molecule has 6 heteroatoms. The van der Waals surface area contributed by atoms with Crippen LogP contribution in [-0.4, -0.2) is 29.7 Å². The molecule has 0 atom stereocenters. The van der Waals surface area contributed by atoms with E-state index in [1.54, 1.807) is 30.6 Å². The second-order valence-electron chi connectivity index (χ2n) is 5.01. The number of amides is 2. The summed E-state index contributed by atoms with van der Waals surface area (Å²) in [5.74, 6) is 0.552. The average molecular weight is 357 g/mol. The lowest BCUT2D eigenvalue weighted by Gasteiger charge is -2.07. The van der Waals surface area contributed by atoms with Crippen molar-refractivity contribution in [3.8, 4) is 16.2 Å². The molecule has 0 N–H and O–H groups in total. The number of carbonyl (C=O) groups excluding carboxylic acids is 2. The highest BCUT2D eigenvalue weighted by Crippen LogP contribution is 2.35. The third-order valence-electron chi connectivity index (χ3n) is 3.46. The van der Waals surface area contributed by atoms with Crippen molar-refractivity contribution >= 4 is 40.3 Å². The van der Waals surface area contributed by atoms with Crippen LogP contribution in [0.4, 0.5) is 4.79 Å². The normalized spacial score (nSPS) is 16.0. The first kappa shape index (κ1) is 16.5. The zero-order chi connectivity index (χ0) is 17.1. The summed E-state index contributed by atoms with van der Waals surface area (Å²) >= 11 is 2.54. The van der Waals surface area contributed by atoms with E-state index in [-0.39, 0.29) is 17.7 Å². The predicted octanol–water partition coefficient (Wildman–Crippen LogP) is 4.65. The second-order valence-corrected chi connectivity index (χ2v) is 7.12. The smallest absolute Gasteiger partial charge is 0.293 e. The maximum absolute atomic E-state index is 12.2. The Labute approximate surface area is 148 Å². The molecule has 1 saturated heterocycles. The highest BCUT2D eigenvalue weighted by molar-refractivity contribution is 8.18. The second kappa shape index (κ2) is 7.07. The first-order valence-corrected chi connectivity index (χ1v) is 8.86. The maximum Gasteiger partial charge on any atom is 0.293 e. The predicted molar refractivity (Wildman–Crippen MR) is 99.2 cm³/mol. The van der Waals surface area contributed by atoms with Gasteiger partial charge >= 0.3 is 0 Å². The van der Waals surface area contributed by atoms with E-state index in [0.717, 1.165) is 32.8 Å². The molecule has 2 heterocycles. The lowest BCUT2D eigenvalue weighted by molar-refractivity contribution is -0.122. The Kier molecular flexibility index (Phi) is 4.87. The summed E-state index contributed by atoms with van der Waals surface area (Å²) in [5, 5.41) is -0.252. The molecule has 1 aromatic heterocycles. The number of benzene rings is 1. The minimum absolute atomic E-state index is 0.240. The van der Waals surface area contributed by atoms with Gasteiger partial charge in [-0.25, -0.2) is 0 Å². The van der Waals surface area contributed by atoms with E-state index in [0.29, 0.717) is 4.91 Å². The maximum atomic E-state index is 12.2. The molecule has 1 aromatic carbocycles. The lowest BCUT2D eigenvalue weighted by Crippen LogP contribution is -2.27. The minimum Gasteiger partial charge on any atom is -0.497 e. The van der Waals surface area contributed by atoms with E-state index in [1.165, 1.54) is 4.90 Å². The zero-order valence-electron chi connectivity index (χ0n) is 13.0. The quantitative estimate of drug-likeness (QED) is 0.577. The van der Waals surface area contributed by atoms with E-state index in [1.807, 2.05) is 36.4 Å². The van der Waals surface area contributed by atoms with Crippen molar-refractivity contribution < 1.29 is 14.3 Å². The van der Waals surface area contributed by atoms with Crippen LogP contribution in [0.3, 0.4) is 0 Å². The molecule has 0 spiro atoms. The minimum atomic E-state index is -0.260. The molecule has 0 unspecified atom stereocenters. The number of thioether (sulfide) groups is 1. The Balaban J connectivity index is 1.82. The molecular weight excluding hydrogens is 342 g/mol. The number of nitrogens with zero attached hydrogens (tertiary/aromatic N) is 1. The number of methoxy groups -OCH3 is 1. The molecule has 0 saturated carbocycles. The van der Waals surface area contributed by atoms with E-state index in [9.17, 15) is 9.59 Å². The van der Waals surface area contributed by atoms with Crippen LogP contribution in [0.25, 0.3) is 16.5 Å². The molecule has 0 bridgehead atoms. The molecule has 1 fully saturated rings. The third-order valence-corrected chi connectivity index (χ3v) is 5.45. The van der Waals surface area contributed by atoms with E-state index < -0.39 is 0 Å². The van der Waals surface area contributed by atoms with Gasteiger partial charge in [0.05, 0.1) is 12.0 Å². The van der Waals surface area contributed by atoms with Crippen molar-refractivity contribution in [2.45, 2.75) is 0 Å². The Morgan fingerprint density at radius 1 is 1.17 bits per heavy atom. The van der Waals surface area contributed by atoms with Crippen LogP contribution in [0.1, 0.15) is 4.88 Å². The number of thiophene rings is 1. The van der Waals surface area contributed by atoms with E-state index in [4.69, 9.17) is 4.74 Å².